The van der Waals surface area contributed by atoms with Crippen molar-refractivity contribution in [2.75, 3.05) is 5.32 Å². The molecule has 0 fully saturated rings. The third kappa shape index (κ3) is 4.20. The molecule has 29 heavy (non-hydrogen) atoms. The standard InChI is InChI=1S/C20H18N4O4S/c1-14-7-8-24-13-18(23-19(24)10-14)20(25)22-15-4-2-6-17(11-15)29(26,27)21-12-16-5-3-9-28-16/h2-11,13,21H,12H2,1H3,(H,22,25). The van der Waals surface area contributed by atoms with Crippen LogP contribution < -0.4 is 10.0 Å². The number of hydrogen-bond acceptors (Lipinski definition) is 5. The van der Waals surface area contributed by atoms with Crippen LogP contribution in [0.1, 0.15) is 21.8 Å². The Bertz CT molecular complexity index is 1280. The zero-order valence-electron chi connectivity index (χ0n) is 15.5. The van der Waals surface area contributed by atoms with Crippen LogP contribution >= 0.6 is 0 Å². The minimum atomic E-state index is -3.77. The first-order valence-corrected chi connectivity index (χ1v) is 10.3. The number of sulfonamides is 1. The molecule has 0 saturated heterocycles. The number of furan rings is 1. The second-order valence-corrected chi connectivity index (χ2v) is 8.25. The molecule has 2 N–H and O–H groups in total. The van der Waals surface area contributed by atoms with Crippen LogP contribution in [0.3, 0.4) is 0 Å². The number of carbonyl (C=O) groups excluding carboxylic acids is 1. The number of hydrogen-bond donors (Lipinski definition) is 2. The summed E-state index contributed by atoms with van der Waals surface area (Å²) in [7, 11) is -3.77. The van der Waals surface area contributed by atoms with Gasteiger partial charge < -0.3 is 14.1 Å². The van der Waals surface area contributed by atoms with E-state index in [1.54, 1.807) is 34.9 Å². The maximum atomic E-state index is 12.5. The number of amides is 1. The van der Waals surface area contributed by atoms with Gasteiger partial charge in [-0.3, -0.25) is 4.79 Å². The first-order chi connectivity index (χ1) is 13.9. The van der Waals surface area contributed by atoms with Gasteiger partial charge >= 0.3 is 0 Å². The second kappa shape index (κ2) is 7.53. The maximum Gasteiger partial charge on any atom is 0.275 e. The molecule has 0 unspecified atom stereocenters. The van der Waals surface area contributed by atoms with Gasteiger partial charge in [0.05, 0.1) is 17.7 Å². The van der Waals surface area contributed by atoms with E-state index in [2.05, 4.69) is 15.0 Å². The van der Waals surface area contributed by atoms with Gasteiger partial charge in [0, 0.05) is 18.1 Å². The number of nitrogens with zero attached hydrogens (tertiary/aromatic N) is 2. The quantitative estimate of drug-likeness (QED) is 0.508. The third-order valence-corrected chi connectivity index (χ3v) is 5.67. The highest BCUT2D eigenvalue weighted by molar-refractivity contribution is 7.89. The zero-order chi connectivity index (χ0) is 20.4. The molecule has 0 bridgehead atoms. The molecule has 0 radical (unpaired) electrons. The number of fused-ring (bicyclic) bond motifs is 1. The van der Waals surface area contributed by atoms with Crippen molar-refractivity contribution in [3.8, 4) is 0 Å². The largest absolute Gasteiger partial charge is 0.468 e. The lowest BCUT2D eigenvalue weighted by Gasteiger charge is -2.08. The SMILES string of the molecule is Cc1ccn2cc(C(=O)Nc3cccc(S(=O)(=O)NCc4ccco4)c3)nc2c1. The highest BCUT2D eigenvalue weighted by atomic mass is 32.2. The molecule has 0 aliphatic carbocycles. The summed E-state index contributed by atoms with van der Waals surface area (Å²) in [4.78, 5) is 16.9. The van der Waals surface area contributed by atoms with Crippen LogP contribution in [0, 0.1) is 6.92 Å². The minimum absolute atomic E-state index is 0.0343. The van der Waals surface area contributed by atoms with Gasteiger partial charge in [-0.15, -0.1) is 0 Å². The Morgan fingerprint density at radius 1 is 1.17 bits per heavy atom. The Morgan fingerprint density at radius 3 is 2.83 bits per heavy atom. The fraction of sp³-hybridized carbons (Fsp3) is 0.100. The lowest BCUT2D eigenvalue weighted by atomic mass is 10.3. The van der Waals surface area contributed by atoms with Crippen molar-refractivity contribution < 1.29 is 17.6 Å². The smallest absolute Gasteiger partial charge is 0.275 e. The highest BCUT2D eigenvalue weighted by Crippen LogP contribution is 2.17. The second-order valence-electron chi connectivity index (χ2n) is 6.48. The first-order valence-electron chi connectivity index (χ1n) is 8.79. The number of imidazole rings is 1. The van der Waals surface area contributed by atoms with Crippen LogP contribution in [-0.4, -0.2) is 23.7 Å². The van der Waals surface area contributed by atoms with Gasteiger partial charge in [-0.1, -0.05) is 6.07 Å². The molecule has 0 spiro atoms. The number of pyridine rings is 1. The van der Waals surface area contributed by atoms with Crippen LogP contribution in [0.5, 0.6) is 0 Å². The Morgan fingerprint density at radius 2 is 2.03 bits per heavy atom. The van der Waals surface area contributed by atoms with Crippen molar-refractivity contribution in [2.45, 2.75) is 18.4 Å². The van der Waals surface area contributed by atoms with E-state index in [4.69, 9.17) is 4.42 Å². The van der Waals surface area contributed by atoms with Crippen molar-refractivity contribution in [3.05, 3.63) is 84.2 Å². The number of aryl methyl sites for hydroxylation is 1. The van der Waals surface area contributed by atoms with Gasteiger partial charge in [0.25, 0.3) is 5.91 Å². The molecule has 8 nitrogen and oxygen atoms in total. The molecule has 0 aliphatic rings. The molecule has 0 aliphatic heterocycles. The predicted octanol–water partition coefficient (Wildman–Crippen LogP) is 2.97. The lowest BCUT2D eigenvalue weighted by molar-refractivity contribution is 0.102. The number of carbonyl (C=O) groups is 1. The molecule has 3 aromatic heterocycles. The van der Waals surface area contributed by atoms with E-state index in [-0.39, 0.29) is 17.1 Å². The first kappa shape index (κ1) is 18.9. The van der Waals surface area contributed by atoms with Crippen molar-refractivity contribution in [1.29, 1.82) is 0 Å². The van der Waals surface area contributed by atoms with Crippen molar-refractivity contribution >= 4 is 27.3 Å². The summed E-state index contributed by atoms with van der Waals surface area (Å²) < 4.78 is 34.4. The van der Waals surface area contributed by atoms with Crippen LogP contribution in [0.4, 0.5) is 5.69 Å². The molecule has 4 rings (SSSR count). The fourth-order valence-electron chi connectivity index (χ4n) is 2.79. The van der Waals surface area contributed by atoms with Crippen LogP contribution in [-0.2, 0) is 16.6 Å². The number of benzene rings is 1. The minimum Gasteiger partial charge on any atom is -0.468 e. The number of aromatic nitrogens is 2. The average molecular weight is 410 g/mol. The Balaban J connectivity index is 1.51. The van der Waals surface area contributed by atoms with E-state index in [0.29, 0.717) is 17.1 Å². The Hall–Kier alpha value is -3.43. The van der Waals surface area contributed by atoms with Gasteiger partial charge in [-0.05, 0) is 55.0 Å². The summed E-state index contributed by atoms with van der Waals surface area (Å²) in [5.41, 5.74) is 2.28. The Kier molecular flexibility index (Phi) is 4.91. The van der Waals surface area contributed by atoms with E-state index < -0.39 is 15.9 Å². The molecular formula is C20H18N4O4S. The van der Waals surface area contributed by atoms with E-state index in [9.17, 15) is 13.2 Å². The van der Waals surface area contributed by atoms with Gasteiger partial charge in [0.15, 0.2) is 0 Å². The summed E-state index contributed by atoms with van der Waals surface area (Å²) in [6, 6.07) is 13.2. The number of nitrogens with one attached hydrogen (secondary N) is 2. The fourth-order valence-corrected chi connectivity index (χ4v) is 3.83. The number of anilines is 1. The van der Waals surface area contributed by atoms with Crippen LogP contribution in [0.25, 0.3) is 5.65 Å². The van der Waals surface area contributed by atoms with Crippen LogP contribution in [0.2, 0.25) is 0 Å². The third-order valence-electron chi connectivity index (χ3n) is 4.27. The van der Waals surface area contributed by atoms with Crippen molar-refractivity contribution in [2.24, 2.45) is 0 Å². The molecule has 9 heteroatoms. The maximum absolute atomic E-state index is 12.5. The normalized spacial score (nSPS) is 11.6. The lowest BCUT2D eigenvalue weighted by Crippen LogP contribution is -2.23. The van der Waals surface area contributed by atoms with E-state index in [1.807, 2.05) is 25.3 Å². The van der Waals surface area contributed by atoms with E-state index in [0.717, 1.165) is 5.56 Å². The summed E-state index contributed by atoms with van der Waals surface area (Å²) in [5, 5.41) is 2.69. The molecule has 3 heterocycles. The summed E-state index contributed by atoms with van der Waals surface area (Å²) in [6.45, 7) is 1.98. The summed E-state index contributed by atoms with van der Waals surface area (Å²) in [6.07, 6.45) is 4.92. The van der Waals surface area contributed by atoms with Crippen LogP contribution in [0.15, 0.2) is 76.5 Å². The van der Waals surface area contributed by atoms with Gasteiger partial charge in [-0.2, -0.15) is 0 Å². The molecule has 0 atom stereocenters. The highest BCUT2D eigenvalue weighted by Gasteiger charge is 2.16. The topological polar surface area (TPSA) is 106 Å². The molecule has 1 amide bonds. The molecular weight excluding hydrogens is 392 g/mol. The molecule has 1 aromatic carbocycles. The van der Waals surface area contributed by atoms with E-state index >= 15 is 0 Å². The molecule has 4 aromatic rings. The van der Waals surface area contributed by atoms with Crippen molar-refractivity contribution in [3.63, 3.8) is 0 Å². The van der Waals surface area contributed by atoms with E-state index in [1.165, 1.54) is 18.4 Å². The molecule has 0 saturated carbocycles. The van der Waals surface area contributed by atoms with Crippen molar-refractivity contribution in [1.82, 2.24) is 14.1 Å². The van der Waals surface area contributed by atoms with Gasteiger partial charge in [-0.25, -0.2) is 18.1 Å². The molecule has 148 valence electrons. The monoisotopic (exact) mass is 410 g/mol. The Labute approximate surface area is 167 Å². The summed E-state index contributed by atoms with van der Waals surface area (Å²) >= 11 is 0. The van der Waals surface area contributed by atoms with Gasteiger partial charge in [0.1, 0.15) is 17.1 Å². The van der Waals surface area contributed by atoms with Gasteiger partial charge in [0.2, 0.25) is 10.0 Å². The zero-order valence-corrected chi connectivity index (χ0v) is 16.3. The predicted molar refractivity (Wildman–Crippen MR) is 107 cm³/mol. The summed E-state index contributed by atoms with van der Waals surface area (Å²) in [5.74, 6) is 0.0737. The average Bonchev–Trinajstić information content (AvgIpc) is 3.36. The number of rotatable bonds is 6.